The van der Waals surface area contributed by atoms with Gasteiger partial charge in [-0.05, 0) is 37.6 Å². The quantitative estimate of drug-likeness (QED) is 0.610. The van der Waals surface area contributed by atoms with Crippen molar-refractivity contribution in [3.8, 4) is 11.6 Å². The smallest absolute Gasteiger partial charge is 0.243 e. The number of imidazole rings is 1. The largest absolute Gasteiger partial charge is 0.493 e. The van der Waals surface area contributed by atoms with Crippen LogP contribution in [-0.4, -0.2) is 65.0 Å². The Morgan fingerprint density at radius 1 is 0.968 bits per heavy atom. The number of ether oxygens (including phenoxy) is 1. The molecule has 0 saturated carbocycles. The zero-order valence-electron chi connectivity index (χ0n) is 17.5. The summed E-state index contributed by atoms with van der Waals surface area (Å²) in [5, 5.41) is 0. The topological polar surface area (TPSA) is 93.5 Å². The molecule has 0 aliphatic carbocycles. The first kappa shape index (κ1) is 20.0. The number of hydrogen-bond donors (Lipinski definition) is 0. The van der Waals surface area contributed by atoms with Crippen LogP contribution in [0.1, 0.15) is 17.0 Å². The van der Waals surface area contributed by atoms with E-state index in [1.807, 2.05) is 24.5 Å². The molecule has 162 valence electrons. The molecule has 1 aromatic carbocycles. The maximum absolute atomic E-state index is 13.1. The highest BCUT2D eigenvalue weighted by Crippen LogP contribution is 2.29. The van der Waals surface area contributed by atoms with E-state index in [2.05, 4.69) is 19.9 Å². The van der Waals surface area contributed by atoms with Crippen LogP contribution in [0.15, 0.2) is 41.8 Å². The Balaban J connectivity index is 1.31. The van der Waals surface area contributed by atoms with Crippen molar-refractivity contribution in [2.75, 3.05) is 37.7 Å². The number of benzene rings is 1. The lowest BCUT2D eigenvalue weighted by Gasteiger charge is -2.34. The number of piperazine rings is 1. The molecule has 1 saturated heterocycles. The summed E-state index contributed by atoms with van der Waals surface area (Å²) in [4.78, 5) is 15.5. The summed E-state index contributed by atoms with van der Waals surface area (Å²) in [6, 6.07) is 7.06. The van der Waals surface area contributed by atoms with Crippen molar-refractivity contribution in [2.45, 2.75) is 25.2 Å². The monoisotopic (exact) mass is 440 g/mol. The van der Waals surface area contributed by atoms with Crippen molar-refractivity contribution in [2.24, 2.45) is 0 Å². The van der Waals surface area contributed by atoms with Gasteiger partial charge in [-0.2, -0.15) is 4.31 Å². The van der Waals surface area contributed by atoms with Crippen LogP contribution in [0.4, 0.5) is 5.82 Å². The van der Waals surface area contributed by atoms with Crippen LogP contribution < -0.4 is 9.64 Å². The van der Waals surface area contributed by atoms with E-state index in [9.17, 15) is 8.42 Å². The van der Waals surface area contributed by atoms with Crippen LogP contribution in [0.2, 0.25) is 0 Å². The van der Waals surface area contributed by atoms with Gasteiger partial charge in [0, 0.05) is 44.4 Å². The fourth-order valence-corrected chi connectivity index (χ4v) is 5.47. The van der Waals surface area contributed by atoms with Crippen LogP contribution in [-0.2, 0) is 16.4 Å². The molecule has 2 aliphatic heterocycles. The minimum atomic E-state index is -3.54. The highest BCUT2D eigenvalue weighted by atomic mass is 32.2. The first-order valence-electron chi connectivity index (χ1n) is 10.3. The molecule has 9 nitrogen and oxygen atoms in total. The lowest BCUT2D eigenvalue weighted by atomic mass is 10.2. The summed E-state index contributed by atoms with van der Waals surface area (Å²) in [6.07, 6.45) is 4.04. The van der Waals surface area contributed by atoms with Crippen molar-refractivity contribution >= 4 is 15.8 Å². The number of rotatable bonds is 4. The van der Waals surface area contributed by atoms with Crippen molar-refractivity contribution in [1.29, 1.82) is 0 Å². The Labute approximate surface area is 181 Å². The van der Waals surface area contributed by atoms with E-state index < -0.39 is 10.0 Å². The molecule has 3 aromatic rings. The molecule has 5 rings (SSSR count). The van der Waals surface area contributed by atoms with Crippen LogP contribution in [0, 0.1) is 13.8 Å². The number of hydrogen-bond acceptors (Lipinski definition) is 7. The van der Waals surface area contributed by atoms with Gasteiger partial charge in [0.05, 0.1) is 17.2 Å². The third-order valence-corrected chi connectivity index (χ3v) is 7.89. The molecule has 0 amide bonds. The number of fused-ring (bicyclic) bond motifs is 1. The Morgan fingerprint density at radius 3 is 2.48 bits per heavy atom. The molecular formula is C21H24N6O3S. The summed E-state index contributed by atoms with van der Waals surface area (Å²) in [6.45, 7) is 6.49. The van der Waals surface area contributed by atoms with Gasteiger partial charge in [-0.3, -0.25) is 4.57 Å². The van der Waals surface area contributed by atoms with Crippen molar-refractivity contribution in [3.05, 3.63) is 53.9 Å². The molecule has 2 aromatic heterocycles. The van der Waals surface area contributed by atoms with Crippen LogP contribution in [0.3, 0.4) is 0 Å². The SMILES string of the molecule is Cc1ncn(-c2cc(N3CCN(S(=O)(=O)c4ccc5c(c4)CCO5)CC3)ncn2)c1C. The molecule has 0 spiro atoms. The fourth-order valence-electron chi connectivity index (χ4n) is 4.00. The molecule has 4 heterocycles. The first-order chi connectivity index (χ1) is 14.9. The molecule has 10 heteroatoms. The Kier molecular flexibility index (Phi) is 4.90. The van der Waals surface area contributed by atoms with E-state index in [-0.39, 0.29) is 0 Å². The van der Waals surface area contributed by atoms with E-state index in [4.69, 9.17) is 4.74 Å². The number of aryl methyl sites for hydroxylation is 1. The van der Waals surface area contributed by atoms with E-state index in [1.54, 1.807) is 28.8 Å². The Bertz CT molecular complexity index is 1230. The normalized spacial score (nSPS) is 16.9. The molecule has 0 N–H and O–H groups in total. The standard InChI is InChI=1S/C21H24N6O3S/c1-15-16(2)27(14-24-15)21-12-20(22-13-23-21)25-6-8-26(9-7-25)31(28,29)18-3-4-19-17(11-18)5-10-30-19/h3-4,11-14H,5-10H2,1-2H3. The molecule has 0 unspecified atom stereocenters. The average molecular weight is 441 g/mol. The molecule has 2 aliphatic rings. The molecule has 0 radical (unpaired) electrons. The lowest BCUT2D eigenvalue weighted by Crippen LogP contribution is -2.49. The lowest BCUT2D eigenvalue weighted by molar-refractivity contribution is 0.356. The molecule has 0 atom stereocenters. The number of nitrogens with zero attached hydrogens (tertiary/aromatic N) is 6. The predicted octanol–water partition coefficient (Wildman–Crippen LogP) is 1.72. The van der Waals surface area contributed by atoms with Crippen LogP contribution in [0.5, 0.6) is 5.75 Å². The second-order valence-electron chi connectivity index (χ2n) is 7.78. The third-order valence-electron chi connectivity index (χ3n) is 6.00. The number of aromatic nitrogens is 4. The molecule has 0 bridgehead atoms. The minimum absolute atomic E-state index is 0.334. The van der Waals surface area contributed by atoms with E-state index in [1.165, 1.54) is 6.33 Å². The summed E-state index contributed by atoms with van der Waals surface area (Å²) in [7, 11) is -3.54. The molecular weight excluding hydrogens is 416 g/mol. The van der Waals surface area contributed by atoms with Crippen LogP contribution in [0.25, 0.3) is 5.82 Å². The second kappa shape index (κ2) is 7.61. The second-order valence-corrected chi connectivity index (χ2v) is 9.72. The van der Waals surface area contributed by atoms with Crippen LogP contribution >= 0.6 is 0 Å². The third kappa shape index (κ3) is 3.55. The zero-order chi connectivity index (χ0) is 21.6. The van der Waals surface area contributed by atoms with Crippen molar-refractivity contribution < 1.29 is 13.2 Å². The first-order valence-corrected chi connectivity index (χ1v) is 11.7. The van der Waals surface area contributed by atoms with E-state index in [0.29, 0.717) is 37.7 Å². The Hall–Kier alpha value is -2.98. The van der Waals surface area contributed by atoms with Crippen molar-refractivity contribution in [1.82, 2.24) is 23.8 Å². The summed E-state index contributed by atoms with van der Waals surface area (Å²) >= 11 is 0. The average Bonchev–Trinajstić information content (AvgIpc) is 3.40. The van der Waals surface area contributed by atoms with Gasteiger partial charge in [-0.1, -0.05) is 0 Å². The summed E-state index contributed by atoms with van der Waals surface area (Å²) in [5.74, 6) is 2.31. The Morgan fingerprint density at radius 2 is 1.74 bits per heavy atom. The highest BCUT2D eigenvalue weighted by molar-refractivity contribution is 7.89. The maximum Gasteiger partial charge on any atom is 0.243 e. The highest BCUT2D eigenvalue weighted by Gasteiger charge is 2.30. The molecule has 31 heavy (non-hydrogen) atoms. The maximum atomic E-state index is 13.1. The van der Waals surface area contributed by atoms with Gasteiger partial charge in [0.2, 0.25) is 10.0 Å². The van der Waals surface area contributed by atoms with Gasteiger partial charge in [-0.25, -0.2) is 23.4 Å². The van der Waals surface area contributed by atoms with Crippen molar-refractivity contribution in [3.63, 3.8) is 0 Å². The number of sulfonamides is 1. The van der Waals surface area contributed by atoms with Gasteiger partial charge < -0.3 is 9.64 Å². The zero-order valence-corrected chi connectivity index (χ0v) is 18.3. The van der Waals surface area contributed by atoms with Gasteiger partial charge in [0.1, 0.15) is 30.0 Å². The van der Waals surface area contributed by atoms with E-state index in [0.717, 1.165) is 40.8 Å². The molecule has 1 fully saturated rings. The minimum Gasteiger partial charge on any atom is -0.493 e. The summed E-state index contributed by atoms with van der Waals surface area (Å²) in [5.41, 5.74) is 2.94. The predicted molar refractivity (Wildman–Crippen MR) is 115 cm³/mol. The van der Waals surface area contributed by atoms with E-state index >= 15 is 0 Å². The van der Waals surface area contributed by atoms with Gasteiger partial charge in [0.15, 0.2) is 0 Å². The number of anilines is 1. The fraction of sp³-hybridized carbons (Fsp3) is 0.381. The van der Waals surface area contributed by atoms with Gasteiger partial charge in [-0.15, -0.1) is 0 Å². The summed E-state index contributed by atoms with van der Waals surface area (Å²) < 4.78 is 35.2. The van der Waals surface area contributed by atoms with Gasteiger partial charge in [0.25, 0.3) is 0 Å². The van der Waals surface area contributed by atoms with Gasteiger partial charge >= 0.3 is 0 Å².